The highest BCUT2D eigenvalue weighted by Gasteiger charge is 2.07. The number of nitrogens with two attached hydrogens (primary N) is 1. The number of benzene rings is 1. The SMILES string of the molecule is NN(CCSSc1ccccn1)NC(=O)c1ccccc1. The van der Waals surface area contributed by atoms with Gasteiger partial charge >= 0.3 is 0 Å². The Morgan fingerprint density at radius 3 is 2.67 bits per heavy atom. The molecule has 0 aliphatic carbocycles. The predicted octanol–water partition coefficient (Wildman–Crippen LogP) is 2.34. The maximum absolute atomic E-state index is 11.9. The summed E-state index contributed by atoms with van der Waals surface area (Å²) in [6.45, 7) is 0.545. The molecule has 21 heavy (non-hydrogen) atoms. The van der Waals surface area contributed by atoms with E-state index >= 15 is 0 Å². The van der Waals surface area contributed by atoms with Crippen LogP contribution in [0.3, 0.4) is 0 Å². The number of hydrazine groups is 2. The average Bonchev–Trinajstić information content (AvgIpc) is 2.53. The van der Waals surface area contributed by atoms with Gasteiger partial charge in [0.1, 0.15) is 5.03 Å². The summed E-state index contributed by atoms with van der Waals surface area (Å²) in [4.78, 5) is 16.1. The number of pyridine rings is 1. The van der Waals surface area contributed by atoms with Crippen LogP contribution in [0.5, 0.6) is 0 Å². The van der Waals surface area contributed by atoms with Gasteiger partial charge in [0.05, 0.1) is 0 Å². The van der Waals surface area contributed by atoms with E-state index < -0.39 is 0 Å². The van der Waals surface area contributed by atoms with Gasteiger partial charge < -0.3 is 0 Å². The molecule has 0 saturated heterocycles. The van der Waals surface area contributed by atoms with Crippen molar-refractivity contribution < 1.29 is 4.79 Å². The zero-order valence-electron chi connectivity index (χ0n) is 11.3. The molecule has 0 unspecified atom stereocenters. The molecule has 1 aromatic heterocycles. The highest BCUT2D eigenvalue weighted by atomic mass is 33.1. The highest BCUT2D eigenvalue weighted by Crippen LogP contribution is 2.28. The lowest BCUT2D eigenvalue weighted by Crippen LogP contribution is -2.48. The van der Waals surface area contributed by atoms with Crippen LogP contribution in [0.2, 0.25) is 0 Å². The summed E-state index contributed by atoms with van der Waals surface area (Å²) in [5, 5.41) is 2.26. The van der Waals surface area contributed by atoms with Crippen molar-refractivity contribution in [1.82, 2.24) is 15.5 Å². The molecule has 2 aromatic rings. The zero-order valence-corrected chi connectivity index (χ0v) is 12.9. The van der Waals surface area contributed by atoms with Gasteiger partial charge in [-0.3, -0.25) is 16.1 Å². The zero-order chi connectivity index (χ0) is 14.9. The number of amides is 1. The molecular formula is C14H16N4OS2. The van der Waals surface area contributed by atoms with Crippen LogP contribution in [0.25, 0.3) is 0 Å². The Morgan fingerprint density at radius 2 is 1.95 bits per heavy atom. The van der Waals surface area contributed by atoms with Crippen LogP contribution in [0.4, 0.5) is 0 Å². The smallest absolute Gasteiger partial charge is 0.266 e. The number of hydrogen-bond acceptors (Lipinski definition) is 6. The molecule has 0 spiro atoms. The summed E-state index contributed by atoms with van der Waals surface area (Å²) in [7, 11) is 3.23. The first-order chi connectivity index (χ1) is 10.3. The van der Waals surface area contributed by atoms with Crippen molar-refractivity contribution in [3.05, 3.63) is 60.3 Å². The van der Waals surface area contributed by atoms with Gasteiger partial charge in [0, 0.05) is 24.1 Å². The predicted molar refractivity (Wildman–Crippen MR) is 87.4 cm³/mol. The second kappa shape index (κ2) is 8.68. The fraction of sp³-hybridized carbons (Fsp3) is 0.143. The number of aromatic nitrogens is 1. The molecule has 1 aromatic carbocycles. The molecular weight excluding hydrogens is 304 g/mol. The molecule has 0 aliphatic rings. The number of rotatable bonds is 7. The van der Waals surface area contributed by atoms with E-state index in [1.165, 1.54) is 5.12 Å². The molecule has 1 heterocycles. The van der Waals surface area contributed by atoms with E-state index in [0.29, 0.717) is 12.1 Å². The van der Waals surface area contributed by atoms with Crippen LogP contribution in [-0.2, 0) is 0 Å². The van der Waals surface area contributed by atoms with E-state index in [2.05, 4.69) is 10.4 Å². The number of carbonyl (C=O) groups is 1. The molecule has 110 valence electrons. The Bertz CT molecular complexity index is 553. The van der Waals surface area contributed by atoms with E-state index in [9.17, 15) is 4.79 Å². The summed E-state index contributed by atoms with van der Waals surface area (Å²) in [6.07, 6.45) is 1.76. The minimum atomic E-state index is -0.208. The van der Waals surface area contributed by atoms with Crippen molar-refractivity contribution in [2.24, 2.45) is 5.84 Å². The first kappa shape index (κ1) is 15.8. The quantitative estimate of drug-likeness (QED) is 0.353. The number of hydrogen-bond donors (Lipinski definition) is 2. The normalized spacial score (nSPS) is 10.6. The van der Waals surface area contributed by atoms with E-state index in [1.54, 1.807) is 39.9 Å². The Labute approximate surface area is 131 Å². The van der Waals surface area contributed by atoms with Crippen LogP contribution in [0.15, 0.2) is 59.8 Å². The third-order valence-electron chi connectivity index (χ3n) is 2.48. The second-order valence-corrected chi connectivity index (χ2v) is 6.51. The van der Waals surface area contributed by atoms with Gasteiger partial charge in [0.25, 0.3) is 5.91 Å². The fourth-order valence-corrected chi connectivity index (χ4v) is 3.32. The first-order valence-corrected chi connectivity index (χ1v) is 8.66. The summed E-state index contributed by atoms with van der Waals surface area (Å²) < 4.78 is 0. The van der Waals surface area contributed by atoms with E-state index in [1.807, 2.05) is 36.4 Å². The van der Waals surface area contributed by atoms with Crippen LogP contribution in [0.1, 0.15) is 10.4 Å². The number of nitrogens with zero attached hydrogens (tertiary/aromatic N) is 2. The van der Waals surface area contributed by atoms with Crippen molar-refractivity contribution in [1.29, 1.82) is 0 Å². The Hall–Kier alpha value is -1.54. The largest absolute Gasteiger partial charge is 0.271 e. The van der Waals surface area contributed by atoms with Crippen molar-refractivity contribution in [2.45, 2.75) is 5.03 Å². The van der Waals surface area contributed by atoms with Gasteiger partial charge in [-0.15, -0.1) is 0 Å². The lowest BCUT2D eigenvalue weighted by molar-refractivity contribution is 0.0800. The lowest BCUT2D eigenvalue weighted by atomic mass is 10.2. The minimum Gasteiger partial charge on any atom is -0.271 e. The lowest BCUT2D eigenvalue weighted by Gasteiger charge is -2.16. The Kier molecular flexibility index (Phi) is 6.55. The summed E-state index contributed by atoms with van der Waals surface area (Å²) in [6, 6.07) is 14.8. The molecule has 0 bridgehead atoms. The van der Waals surface area contributed by atoms with Gasteiger partial charge in [0.15, 0.2) is 0 Å². The first-order valence-electron chi connectivity index (χ1n) is 6.34. The molecule has 3 N–H and O–H groups in total. The van der Waals surface area contributed by atoms with Crippen LogP contribution in [0, 0.1) is 0 Å². The molecule has 0 radical (unpaired) electrons. The Balaban J connectivity index is 1.66. The van der Waals surface area contributed by atoms with Crippen molar-refractivity contribution in [2.75, 3.05) is 12.3 Å². The second-order valence-electron chi connectivity index (χ2n) is 4.07. The molecule has 0 atom stereocenters. The van der Waals surface area contributed by atoms with E-state index in [-0.39, 0.29) is 5.91 Å². The molecule has 5 nitrogen and oxygen atoms in total. The average molecular weight is 320 g/mol. The van der Waals surface area contributed by atoms with Gasteiger partial charge in [0.2, 0.25) is 0 Å². The maximum atomic E-state index is 11.9. The molecule has 7 heteroatoms. The summed E-state index contributed by atoms with van der Waals surface area (Å²) in [5.41, 5.74) is 3.22. The fourth-order valence-electron chi connectivity index (χ4n) is 1.47. The number of nitrogens with one attached hydrogen (secondary N) is 1. The summed E-state index contributed by atoms with van der Waals surface area (Å²) >= 11 is 0. The van der Waals surface area contributed by atoms with Gasteiger partial charge in [-0.05, 0) is 35.1 Å². The van der Waals surface area contributed by atoms with Gasteiger partial charge in [-0.2, -0.15) is 5.12 Å². The molecule has 0 saturated carbocycles. The van der Waals surface area contributed by atoms with Crippen LogP contribution < -0.4 is 11.3 Å². The van der Waals surface area contributed by atoms with E-state index in [4.69, 9.17) is 5.84 Å². The third kappa shape index (κ3) is 5.76. The minimum absolute atomic E-state index is 0.208. The number of carbonyl (C=O) groups excluding carboxylic acids is 1. The highest BCUT2D eigenvalue weighted by molar-refractivity contribution is 8.76. The topological polar surface area (TPSA) is 71.2 Å². The monoisotopic (exact) mass is 320 g/mol. The van der Waals surface area contributed by atoms with Crippen LogP contribution in [-0.4, -0.2) is 28.3 Å². The van der Waals surface area contributed by atoms with Gasteiger partial charge in [-0.1, -0.05) is 35.1 Å². The summed E-state index contributed by atoms with van der Waals surface area (Å²) in [5.74, 6) is 6.32. The molecule has 1 amide bonds. The van der Waals surface area contributed by atoms with Crippen LogP contribution >= 0.6 is 21.6 Å². The van der Waals surface area contributed by atoms with Crippen molar-refractivity contribution in [3.8, 4) is 0 Å². The molecule has 0 fully saturated rings. The molecule has 2 rings (SSSR count). The van der Waals surface area contributed by atoms with Gasteiger partial charge in [-0.25, -0.2) is 4.98 Å². The van der Waals surface area contributed by atoms with Crippen molar-refractivity contribution >= 4 is 27.5 Å². The van der Waals surface area contributed by atoms with Crippen molar-refractivity contribution in [3.63, 3.8) is 0 Å². The third-order valence-corrected chi connectivity index (χ3v) is 4.72. The maximum Gasteiger partial charge on any atom is 0.266 e. The molecule has 0 aliphatic heterocycles. The van der Waals surface area contributed by atoms with E-state index in [0.717, 1.165) is 10.8 Å². The Morgan fingerprint density at radius 1 is 1.19 bits per heavy atom. The standard InChI is InChI=1S/C14H16N4OS2/c15-18(17-14(19)12-6-2-1-3-7-12)10-11-20-21-13-8-4-5-9-16-13/h1-9H,10-11,15H2,(H,17,19).